The molecule has 82 valence electrons. The van der Waals surface area contributed by atoms with Gasteiger partial charge >= 0.3 is 11.9 Å². The first-order valence-corrected chi connectivity index (χ1v) is 4.84. The monoisotopic (exact) mass is 215 g/mol. The van der Waals surface area contributed by atoms with Crippen LogP contribution in [0.25, 0.3) is 0 Å². The molecule has 0 fully saturated rings. The van der Waals surface area contributed by atoms with Crippen LogP contribution in [0.3, 0.4) is 0 Å². The number of rotatable bonds is 2. The summed E-state index contributed by atoms with van der Waals surface area (Å²) in [6.07, 6.45) is 3.42. The minimum absolute atomic E-state index is 0.498. The second-order valence-corrected chi connectivity index (χ2v) is 3.77. The highest BCUT2D eigenvalue weighted by Gasteiger charge is 2.43. The molecule has 0 aromatic carbocycles. The number of carboxylic acids is 1. The highest BCUT2D eigenvalue weighted by atomic mass is 19.3. The van der Waals surface area contributed by atoms with Gasteiger partial charge in [0, 0.05) is 5.69 Å². The van der Waals surface area contributed by atoms with Crippen molar-refractivity contribution in [2.75, 3.05) is 0 Å². The lowest BCUT2D eigenvalue weighted by molar-refractivity contribution is -0.166. The van der Waals surface area contributed by atoms with E-state index in [1.807, 2.05) is 0 Å². The minimum atomic E-state index is -3.81. The number of carboxylic acid groups (broad SMARTS) is 1. The van der Waals surface area contributed by atoms with Gasteiger partial charge in [0.15, 0.2) is 0 Å². The fourth-order valence-corrected chi connectivity index (χ4v) is 1.89. The van der Waals surface area contributed by atoms with Gasteiger partial charge in [-0.05, 0) is 37.3 Å². The smallest absolute Gasteiger partial charge is 0.382 e. The Labute approximate surface area is 85.1 Å². The maximum Gasteiger partial charge on any atom is 0.382 e. The Hall–Kier alpha value is -1.39. The molecule has 1 aliphatic rings. The first-order valence-electron chi connectivity index (χ1n) is 4.84. The Morgan fingerprint density at radius 3 is 2.67 bits per heavy atom. The topological polar surface area (TPSA) is 53.1 Å². The number of fused-ring (bicyclic) bond motifs is 1. The summed E-state index contributed by atoms with van der Waals surface area (Å²) in [6, 6.07) is 1.28. The molecule has 1 aliphatic carbocycles. The predicted molar refractivity (Wildman–Crippen MR) is 49.0 cm³/mol. The number of alkyl halides is 2. The Bertz CT molecular complexity index is 375. The second-order valence-electron chi connectivity index (χ2n) is 3.77. The largest absolute Gasteiger partial charge is 0.476 e. The molecule has 15 heavy (non-hydrogen) atoms. The summed E-state index contributed by atoms with van der Waals surface area (Å²) in [7, 11) is 0. The fourth-order valence-electron chi connectivity index (χ4n) is 1.89. The molecule has 0 unspecified atom stereocenters. The maximum atomic E-state index is 13.1. The van der Waals surface area contributed by atoms with Crippen LogP contribution in [0.1, 0.15) is 29.8 Å². The summed E-state index contributed by atoms with van der Waals surface area (Å²) in [5, 5.41) is 8.39. The van der Waals surface area contributed by atoms with Gasteiger partial charge in [0.2, 0.25) is 0 Å². The minimum Gasteiger partial charge on any atom is -0.476 e. The van der Waals surface area contributed by atoms with E-state index in [0.717, 1.165) is 36.9 Å². The van der Waals surface area contributed by atoms with E-state index in [1.54, 1.807) is 0 Å². The lowest BCUT2D eigenvalue weighted by Gasteiger charge is -2.09. The standard InChI is InChI=1S/C10H11F2NO2/c11-10(12,9(14)15)8-5-6-3-1-2-4-7(6)13-8/h5,13H,1-4H2,(H,14,15). The van der Waals surface area contributed by atoms with Crippen molar-refractivity contribution in [2.45, 2.75) is 31.6 Å². The number of halogens is 2. The van der Waals surface area contributed by atoms with Crippen molar-refractivity contribution in [2.24, 2.45) is 0 Å². The summed E-state index contributed by atoms with van der Waals surface area (Å²) in [5.74, 6) is -5.92. The molecule has 0 radical (unpaired) electrons. The Kier molecular flexibility index (Phi) is 2.25. The van der Waals surface area contributed by atoms with Crippen LogP contribution in [-0.4, -0.2) is 16.1 Å². The van der Waals surface area contributed by atoms with Crippen molar-refractivity contribution >= 4 is 5.97 Å². The number of aryl methyl sites for hydroxylation is 2. The average Bonchev–Trinajstić information content (AvgIpc) is 2.61. The van der Waals surface area contributed by atoms with Crippen LogP contribution in [0.15, 0.2) is 6.07 Å². The van der Waals surface area contributed by atoms with Crippen LogP contribution >= 0.6 is 0 Å². The summed E-state index contributed by atoms with van der Waals surface area (Å²) >= 11 is 0. The van der Waals surface area contributed by atoms with Crippen LogP contribution in [0.5, 0.6) is 0 Å². The Morgan fingerprint density at radius 1 is 1.40 bits per heavy atom. The van der Waals surface area contributed by atoms with Crippen molar-refractivity contribution in [1.29, 1.82) is 0 Å². The van der Waals surface area contributed by atoms with E-state index in [1.165, 1.54) is 6.07 Å². The van der Waals surface area contributed by atoms with Gasteiger partial charge in [-0.1, -0.05) is 0 Å². The number of aliphatic carboxylic acids is 1. The van der Waals surface area contributed by atoms with Gasteiger partial charge < -0.3 is 10.1 Å². The molecule has 2 rings (SSSR count). The number of aromatic nitrogens is 1. The third-order valence-corrected chi connectivity index (χ3v) is 2.72. The molecule has 1 aromatic heterocycles. The molecular formula is C10H11F2NO2. The van der Waals surface area contributed by atoms with Gasteiger partial charge in [0.05, 0.1) is 5.69 Å². The van der Waals surface area contributed by atoms with Gasteiger partial charge in [-0.15, -0.1) is 0 Å². The Balaban J connectivity index is 2.37. The normalized spacial score (nSPS) is 16.1. The van der Waals surface area contributed by atoms with Crippen LogP contribution in [0.2, 0.25) is 0 Å². The molecule has 0 amide bonds. The van der Waals surface area contributed by atoms with E-state index in [4.69, 9.17) is 5.11 Å². The number of H-pyrrole nitrogens is 1. The molecule has 3 nitrogen and oxygen atoms in total. The number of nitrogens with one attached hydrogen (secondary N) is 1. The highest BCUT2D eigenvalue weighted by molar-refractivity contribution is 5.76. The lowest BCUT2D eigenvalue weighted by atomic mass is 9.98. The first kappa shape index (κ1) is 10.1. The van der Waals surface area contributed by atoms with Crippen molar-refractivity contribution in [3.05, 3.63) is 23.0 Å². The maximum absolute atomic E-state index is 13.1. The summed E-state index contributed by atoms with van der Waals surface area (Å²) in [5.41, 5.74) is 1.09. The summed E-state index contributed by atoms with van der Waals surface area (Å²) in [6.45, 7) is 0. The van der Waals surface area contributed by atoms with Gasteiger partial charge in [-0.3, -0.25) is 0 Å². The van der Waals surface area contributed by atoms with Gasteiger partial charge in [-0.2, -0.15) is 8.78 Å². The molecular weight excluding hydrogens is 204 g/mol. The molecule has 0 aliphatic heterocycles. The lowest BCUT2D eigenvalue weighted by Crippen LogP contribution is -2.25. The zero-order chi connectivity index (χ0) is 11.1. The molecule has 0 spiro atoms. The van der Waals surface area contributed by atoms with Gasteiger partial charge in [-0.25, -0.2) is 4.79 Å². The molecule has 2 N–H and O–H groups in total. The van der Waals surface area contributed by atoms with E-state index in [0.29, 0.717) is 0 Å². The number of aromatic amines is 1. The van der Waals surface area contributed by atoms with E-state index < -0.39 is 17.6 Å². The zero-order valence-electron chi connectivity index (χ0n) is 8.02. The van der Waals surface area contributed by atoms with E-state index >= 15 is 0 Å². The van der Waals surface area contributed by atoms with Crippen molar-refractivity contribution in [1.82, 2.24) is 4.98 Å². The fraction of sp³-hybridized carbons (Fsp3) is 0.500. The van der Waals surface area contributed by atoms with Gasteiger partial charge in [0.25, 0.3) is 0 Å². The van der Waals surface area contributed by atoms with Crippen LogP contribution in [0, 0.1) is 0 Å². The van der Waals surface area contributed by atoms with Crippen LogP contribution < -0.4 is 0 Å². The zero-order valence-corrected chi connectivity index (χ0v) is 8.02. The molecule has 0 atom stereocenters. The van der Waals surface area contributed by atoms with Gasteiger partial charge in [0.1, 0.15) is 0 Å². The molecule has 0 saturated carbocycles. The van der Waals surface area contributed by atoms with Crippen LogP contribution in [-0.2, 0) is 23.6 Å². The third kappa shape index (κ3) is 1.62. The van der Waals surface area contributed by atoms with E-state index in [2.05, 4.69) is 4.98 Å². The molecule has 1 aromatic rings. The second kappa shape index (κ2) is 3.32. The third-order valence-electron chi connectivity index (χ3n) is 2.72. The summed E-state index contributed by atoms with van der Waals surface area (Å²) < 4.78 is 26.3. The van der Waals surface area contributed by atoms with E-state index in [9.17, 15) is 13.6 Å². The SMILES string of the molecule is O=C(O)C(F)(F)c1cc2c([nH]1)CCCC2. The molecule has 1 heterocycles. The predicted octanol–water partition coefficient (Wildman–Crippen LogP) is 2.07. The number of hydrogen-bond acceptors (Lipinski definition) is 1. The quantitative estimate of drug-likeness (QED) is 0.793. The van der Waals surface area contributed by atoms with Crippen LogP contribution in [0.4, 0.5) is 8.78 Å². The summed E-state index contributed by atoms with van der Waals surface area (Å²) in [4.78, 5) is 12.9. The molecule has 5 heteroatoms. The molecule has 0 bridgehead atoms. The Morgan fingerprint density at radius 2 is 2.07 bits per heavy atom. The van der Waals surface area contributed by atoms with Crippen molar-refractivity contribution in [3.8, 4) is 0 Å². The highest BCUT2D eigenvalue weighted by Crippen LogP contribution is 2.31. The number of carbonyl (C=O) groups is 1. The first-order chi connectivity index (χ1) is 7.01. The molecule has 0 saturated heterocycles. The van der Waals surface area contributed by atoms with Crippen molar-refractivity contribution < 1.29 is 18.7 Å². The van der Waals surface area contributed by atoms with Crippen molar-refractivity contribution in [3.63, 3.8) is 0 Å². The van der Waals surface area contributed by atoms with E-state index in [-0.39, 0.29) is 0 Å². The average molecular weight is 215 g/mol. The number of hydrogen-bond donors (Lipinski definition) is 2.